The van der Waals surface area contributed by atoms with Crippen LogP contribution >= 0.6 is 23.2 Å². The van der Waals surface area contributed by atoms with Crippen LogP contribution < -0.4 is 11.1 Å². The van der Waals surface area contributed by atoms with E-state index in [1.165, 1.54) is 6.07 Å². The smallest absolute Gasteiger partial charge is 0.314 e. The average molecular weight is 275 g/mol. The van der Waals surface area contributed by atoms with Crippen molar-refractivity contribution in [1.29, 1.82) is 0 Å². The van der Waals surface area contributed by atoms with E-state index in [1.54, 1.807) is 0 Å². The van der Waals surface area contributed by atoms with Gasteiger partial charge >= 0.3 is 16.8 Å². The molecule has 1 heterocycles. The second kappa shape index (κ2) is 3.86. The molecule has 9 heteroatoms. The minimum Gasteiger partial charge on any atom is -0.316 e. The zero-order chi connectivity index (χ0) is 12.7. The standard InChI is InChI=1S/C8H3Cl2N3O4/c9-2-1-3-5(6(4(2)10)13(16)17)12-8(15)7(14)11-3/h1H,(H,11,14)(H,12,15)/i8-1. The first-order valence-corrected chi connectivity index (χ1v) is 4.96. The lowest BCUT2D eigenvalue weighted by Gasteiger charge is -2.02. The summed E-state index contributed by atoms with van der Waals surface area (Å²) in [5, 5.41) is 10.4. The maximum atomic E-state index is 11.1. The number of hydrogen-bond acceptors (Lipinski definition) is 4. The number of H-pyrrole nitrogens is 2. The zero-order valence-electron chi connectivity index (χ0n) is 7.91. The molecule has 0 aliphatic heterocycles. The minimum absolute atomic E-state index is 0.0377. The molecule has 2 N–H and O–H groups in total. The van der Waals surface area contributed by atoms with Crippen LogP contribution in [0, 0.1) is 10.1 Å². The topological polar surface area (TPSA) is 109 Å². The lowest BCUT2D eigenvalue weighted by Crippen LogP contribution is -2.29. The molecule has 0 amide bonds. The average Bonchev–Trinajstić information content (AvgIpc) is 2.23. The minimum atomic E-state index is -1.00. The number of benzene rings is 1. The number of rotatable bonds is 1. The first-order valence-electron chi connectivity index (χ1n) is 4.20. The van der Waals surface area contributed by atoms with Crippen molar-refractivity contribution in [3.63, 3.8) is 0 Å². The Balaban J connectivity index is 3.09. The van der Waals surface area contributed by atoms with Gasteiger partial charge in [-0.05, 0) is 6.07 Å². The Morgan fingerprint density at radius 1 is 1.18 bits per heavy atom. The monoisotopic (exact) mass is 274 g/mol. The van der Waals surface area contributed by atoms with Crippen LogP contribution in [0.1, 0.15) is 0 Å². The maximum absolute atomic E-state index is 11.1. The van der Waals surface area contributed by atoms with Crippen LogP contribution in [0.5, 0.6) is 0 Å². The molecule has 0 fully saturated rings. The van der Waals surface area contributed by atoms with Crippen LogP contribution in [0.4, 0.5) is 5.69 Å². The molecule has 1 aromatic carbocycles. The van der Waals surface area contributed by atoms with E-state index in [4.69, 9.17) is 23.2 Å². The van der Waals surface area contributed by atoms with Crippen molar-refractivity contribution in [2.24, 2.45) is 0 Å². The Morgan fingerprint density at radius 2 is 1.76 bits per heavy atom. The quantitative estimate of drug-likeness (QED) is 0.466. The summed E-state index contributed by atoms with van der Waals surface area (Å²) in [5.41, 5.74) is -2.61. The van der Waals surface area contributed by atoms with Crippen LogP contribution in [-0.4, -0.2) is 14.9 Å². The van der Waals surface area contributed by atoms with E-state index in [-0.39, 0.29) is 21.1 Å². The summed E-state index contributed by atoms with van der Waals surface area (Å²) >= 11 is 11.4. The molecular formula is C8H3Cl2N3O4. The Morgan fingerprint density at radius 3 is 2.35 bits per heavy atom. The molecule has 0 radical (unpaired) electrons. The Hall–Kier alpha value is -1.86. The van der Waals surface area contributed by atoms with Gasteiger partial charge in [0, 0.05) is 0 Å². The molecule has 0 saturated heterocycles. The summed E-state index contributed by atoms with van der Waals surface area (Å²) in [6.45, 7) is 0. The highest BCUT2D eigenvalue weighted by Crippen LogP contribution is 2.36. The van der Waals surface area contributed by atoms with E-state index in [0.717, 1.165) is 0 Å². The first-order chi connectivity index (χ1) is 7.91. The van der Waals surface area contributed by atoms with Gasteiger partial charge in [-0.1, -0.05) is 23.2 Å². The number of nitro benzene ring substituents is 1. The molecule has 0 unspecified atom stereocenters. The summed E-state index contributed by atoms with van der Waals surface area (Å²) in [4.78, 5) is 36.5. The van der Waals surface area contributed by atoms with Gasteiger partial charge in [0.2, 0.25) is 0 Å². The molecular weight excluding hydrogens is 272 g/mol. The van der Waals surface area contributed by atoms with Crippen LogP contribution in [-0.2, 0) is 0 Å². The second-order valence-electron chi connectivity index (χ2n) is 3.11. The molecule has 0 saturated carbocycles. The van der Waals surface area contributed by atoms with Crippen molar-refractivity contribution in [2.45, 2.75) is 0 Å². The predicted molar refractivity (Wildman–Crippen MR) is 61.9 cm³/mol. The number of fused-ring (bicyclic) bond motifs is 1. The van der Waals surface area contributed by atoms with Gasteiger partial charge in [-0.3, -0.25) is 19.7 Å². The fourth-order valence-corrected chi connectivity index (χ4v) is 1.78. The van der Waals surface area contributed by atoms with Crippen molar-refractivity contribution in [3.05, 3.63) is 46.9 Å². The van der Waals surface area contributed by atoms with E-state index in [1.807, 2.05) is 0 Å². The first kappa shape index (κ1) is 11.6. The van der Waals surface area contributed by atoms with E-state index in [9.17, 15) is 19.7 Å². The molecule has 0 atom stereocenters. The number of aromatic nitrogens is 2. The van der Waals surface area contributed by atoms with E-state index in [0.29, 0.717) is 0 Å². The van der Waals surface area contributed by atoms with Crippen LogP contribution in [0.15, 0.2) is 15.7 Å². The lowest BCUT2D eigenvalue weighted by atomic mass is 10.2. The lowest BCUT2D eigenvalue weighted by molar-refractivity contribution is -0.383. The van der Waals surface area contributed by atoms with Gasteiger partial charge < -0.3 is 9.97 Å². The summed E-state index contributed by atoms with van der Waals surface area (Å²) in [6, 6.07) is 1.23. The van der Waals surface area contributed by atoms with E-state index < -0.39 is 21.7 Å². The van der Waals surface area contributed by atoms with Gasteiger partial charge in [0.05, 0.1) is 15.5 Å². The van der Waals surface area contributed by atoms with E-state index >= 15 is 0 Å². The molecule has 0 bridgehead atoms. The Bertz CT molecular complexity index is 749. The van der Waals surface area contributed by atoms with Crippen LogP contribution in [0.2, 0.25) is 10.0 Å². The third kappa shape index (κ3) is 1.79. The van der Waals surface area contributed by atoms with Crippen molar-refractivity contribution >= 4 is 39.9 Å². The molecule has 0 spiro atoms. The summed E-state index contributed by atoms with van der Waals surface area (Å²) < 4.78 is 0. The van der Waals surface area contributed by atoms with Crippen molar-refractivity contribution in [3.8, 4) is 0 Å². The van der Waals surface area contributed by atoms with Gasteiger partial charge in [0.1, 0.15) is 10.5 Å². The second-order valence-corrected chi connectivity index (χ2v) is 3.89. The Kier molecular flexibility index (Phi) is 2.64. The van der Waals surface area contributed by atoms with Crippen LogP contribution in [0.3, 0.4) is 0 Å². The molecule has 88 valence electrons. The van der Waals surface area contributed by atoms with Gasteiger partial charge in [-0.2, -0.15) is 0 Å². The van der Waals surface area contributed by atoms with Crippen molar-refractivity contribution in [1.82, 2.24) is 9.97 Å². The van der Waals surface area contributed by atoms with Gasteiger partial charge in [-0.15, -0.1) is 0 Å². The third-order valence-electron chi connectivity index (χ3n) is 2.07. The number of nitrogens with zero attached hydrogens (tertiary/aromatic N) is 1. The van der Waals surface area contributed by atoms with Gasteiger partial charge in [0.25, 0.3) is 0 Å². The highest BCUT2D eigenvalue weighted by Gasteiger charge is 2.22. The predicted octanol–water partition coefficient (Wildman–Crippen LogP) is 1.43. The zero-order valence-corrected chi connectivity index (χ0v) is 9.43. The number of hydrogen-bond donors (Lipinski definition) is 2. The summed E-state index contributed by atoms with van der Waals surface area (Å²) in [6.07, 6.45) is 0. The van der Waals surface area contributed by atoms with Crippen LogP contribution in [0.25, 0.3) is 11.0 Å². The number of nitrogens with one attached hydrogen (secondary N) is 2. The largest absolute Gasteiger partial charge is 0.316 e. The molecule has 0 aliphatic rings. The van der Waals surface area contributed by atoms with E-state index in [2.05, 4.69) is 9.97 Å². The summed E-state index contributed by atoms with van der Waals surface area (Å²) in [7, 11) is 0. The molecule has 2 rings (SSSR count). The fourth-order valence-electron chi connectivity index (χ4n) is 1.36. The molecule has 0 aliphatic carbocycles. The molecule has 17 heavy (non-hydrogen) atoms. The van der Waals surface area contributed by atoms with Crippen molar-refractivity contribution in [2.75, 3.05) is 0 Å². The molecule has 1 aromatic heterocycles. The fraction of sp³-hybridized carbons (Fsp3) is 0. The third-order valence-corrected chi connectivity index (χ3v) is 2.85. The molecule has 7 nitrogen and oxygen atoms in total. The number of nitro groups is 1. The highest BCUT2D eigenvalue weighted by atomic mass is 35.5. The van der Waals surface area contributed by atoms with Gasteiger partial charge in [0.15, 0.2) is 0 Å². The highest BCUT2D eigenvalue weighted by molar-refractivity contribution is 6.44. The number of aromatic amines is 2. The normalized spacial score (nSPS) is 10.7. The van der Waals surface area contributed by atoms with Gasteiger partial charge in [-0.25, -0.2) is 0 Å². The Labute approximate surface area is 102 Å². The SMILES string of the molecule is O=c1[nH]c2cc(Cl)c(Cl)c([N+](=O)[O-])c2[nH][11c]1=O. The molecule has 2 aromatic rings. The number of halogens is 2. The van der Waals surface area contributed by atoms with Crippen molar-refractivity contribution < 1.29 is 4.92 Å². The summed E-state index contributed by atoms with van der Waals surface area (Å²) in [5.74, 6) is 0. The maximum Gasteiger partial charge on any atom is 0.314 e.